The van der Waals surface area contributed by atoms with Gasteiger partial charge in [-0.3, -0.25) is 0 Å². The molecule has 22 heavy (non-hydrogen) atoms. The first-order chi connectivity index (χ1) is 10.4. The van der Waals surface area contributed by atoms with E-state index in [2.05, 4.69) is 76.2 Å². The third-order valence-electron chi connectivity index (χ3n) is 4.62. The SMILES string of the molecule is CCC1=Cc2c(-c3ccc(C(C)(C)C)cc3)cccc2[CH]1[Hf]. The van der Waals surface area contributed by atoms with E-state index in [0.717, 1.165) is 0 Å². The van der Waals surface area contributed by atoms with Crippen molar-refractivity contribution in [3.05, 3.63) is 64.7 Å². The molecular weight excluding hydrogens is 431 g/mol. The van der Waals surface area contributed by atoms with Gasteiger partial charge in [0.25, 0.3) is 0 Å². The Bertz CT molecular complexity index is 715. The van der Waals surface area contributed by atoms with E-state index in [9.17, 15) is 0 Å². The van der Waals surface area contributed by atoms with Gasteiger partial charge in [0.2, 0.25) is 0 Å². The normalized spacial score (nSPS) is 17.2. The van der Waals surface area contributed by atoms with Crippen LogP contribution in [0.1, 0.15) is 54.5 Å². The van der Waals surface area contributed by atoms with E-state index in [1.165, 1.54) is 53.0 Å². The Kier molecular flexibility index (Phi) is 4.29. The van der Waals surface area contributed by atoms with Crippen molar-refractivity contribution >= 4 is 6.08 Å². The predicted octanol–water partition coefficient (Wildman–Crippen LogP) is 6.05. The molecule has 0 spiro atoms. The fourth-order valence-electron chi connectivity index (χ4n) is 3.17. The fourth-order valence-corrected chi connectivity index (χ4v) is 5.11. The molecule has 0 radical (unpaired) electrons. The molecular formula is C21H23Hf. The summed E-state index contributed by atoms with van der Waals surface area (Å²) in [6.07, 6.45) is 3.62. The quantitative estimate of drug-likeness (QED) is 0.486. The Balaban J connectivity index is 2.06. The summed E-state index contributed by atoms with van der Waals surface area (Å²) in [5.41, 5.74) is 8.96. The van der Waals surface area contributed by atoms with E-state index in [1.54, 1.807) is 11.1 Å². The summed E-state index contributed by atoms with van der Waals surface area (Å²) < 4.78 is 0.703. The van der Waals surface area contributed by atoms with E-state index in [4.69, 9.17) is 0 Å². The van der Waals surface area contributed by atoms with Crippen molar-refractivity contribution in [1.82, 2.24) is 0 Å². The first-order valence-corrected chi connectivity index (χ1v) is 10.1. The minimum atomic E-state index is 0.215. The number of rotatable bonds is 2. The Hall–Kier alpha value is -0.950. The Labute approximate surface area is 149 Å². The van der Waals surface area contributed by atoms with Crippen LogP contribution in [0.3, 0.4) is 0 Å². The first-order valence-electron chi connectivity index (χ1n) is 8.07. The van der Waals surface area contributed by atoms with Crippen molar-refractivity contribution in [2.45, 2.75) is 43.2 Å². The zero-order valence-corrected chi connectivity index (χ0v) is 17.5. The monoisotopic (exact) mass is 455 g/mol. The van der Waals surface area contributed by atoms with Crippen LogP contribution in [0.4, 0.5) is 0 Å². The molecule has 0 aliphatic heterocycles. The zero-order chi connectivity index (χ0) is 15.9. The van der Waals surface area contributed by atoms with Gasteiger partial charge >= 0.3 is 150 Å². The molecule has 3 rings (SSSR count). The average molecular weight is 454 g/mol. The minimum absolute atomic E-state index is 0.215. The number of fused-ring (bicyclic) bond motifs is 1. The maximum absolute atomic E-state index is 2.44. The molecule has 0 fully saturated rings. The van der Waals surface area contributed by atoms with Crippen LogP contribution in [-0.4, -0.2) is 0 Å². The second-order valence-corrected chi connectivity index (χ2v) is 9.22. The van der Waals surface area contributed by atoms with Gasteiger partial charge in [-0.1, -0.05) is 0 Å². The van der Waals surface area contributed by atoms with Gasteiger partial charge in [-0.05, 0) is 0 Å². The van der Waals surface area contributed by atoms with Crippen LogP contribution >= 0.6 is 0 Å². The molecule has 0 heterocycles. The van der Waals surface area contributed by atoms with Crippen LogP contribution in [0.2, 0.25) is 0 Å². The summed E-state index contributed by atoms with van der Waals surface area (Å²) in [6.45, 7) is 9.08. The number of hydrogen-bond donors (Lipinski definition) is 0. The van der Waals surface area contributed by atoms with E-state index in [1.807, 2.05) is 0 Å². The van der Waals surface area contributed by atoms with Gasteiger partial charge < -0.3 is 0 Å². The van der Waals surface area contributed by atoms with E-state index >= 15 is 0 Å². The van der Waals surface area contributed by atoms with Crippen molar-refractivity contribution in [3.8, 4) is 11.1 Å². The molecule has 2 aromatic rings. The molecule has 1 unspecified atom stereocenters. The summed E-state index contributed by atoms with van der Waals surface area (Å²) in [5.74, 6) is 0. The van der Waals surface area contributed by atoms with Crippen LogP contribution in [0.15, 0.2) is 48.0 Å². The number of benzene rings is 2. The zero-order valence-electron chi connectivity index (χ0n) is 13.9. The Morgan fingerprint density at radius 1 is 1.00 bits per heavy atom. The molecule has 0 aromatic heterocycles. The summed E-state index contributed by atoms with van der Waals surface area (Å²) in [7, 11) is 0. The van der Waals surface area contributed by atoms with Crippen LogP contribution in [0.5, 0.6) is 0 Å². The molecule has 0 saturated carbocycles. The molecule has 1 atom stereocenters. The van der Waals surface area contributed by atoms with Crippen molar-refractivity contribution < 1.29 is 24.4 Å². The summed E-state index contributed by atoms with van der Waals surface area (Å²) in [5, 5.41) is 0. The third kappa shape index (κ3) is 2.80. The number of allylic oxidation sites excluding steroid dienone is 1. The maximum atomic E-state index is 2.44. The Morgan fingerprint density at radius 3 is 2.27 bits per heavy atom. The van der Waals surface area contributed by atoms with Crippen LogP contribution in [0, 0.1) is 0 Å². The van der Waals surface area contributed by atoms with Crippen LogP contribution in [0.25, 0.3) is 17.2 Å². The molecule has 111 valence electrons. The summed E-state index contributed by atoms with van der Waals surface area (Å²) >= 11 is 1.21. The topological polar surface area (TPSA) is 0 Å². The summed E-state index contributed by atoms with van der Waals surface area (Å²) in [4.78, 5) is 0. The van der Waals surface area contributed by atoms with Crippen LogP contribution in [-0.2, 0) is 29.8 Å². The van der Waals surface area contributed by atoms with E-state index in [-0.39, 0.29) is 5.41 Å². The molecule has 0 saturated heterocycles. The summed E-state index contributed by atoms with van der Waals surface area (Å²) in [6, 6.07) is 16.0. The molecule has 0 bridgehead atoms. The van der Waals surface area contributed by atoms with Gasteiger partial charge in [0, 0.05) is 0 Å². The van der Waals surface area contributed by atoms with Crippen molar-refractivity contribution in [2.75, 3.05) is 0 Å². The first kappa shape index (κ1) is 15.9. The molecule has 1 heteroatoms. The van der Waals surface area contributed by atoms with Gasteiger partial charge in [-0.25, -0.2) is 0 Å². The molecule has 0 amide bonds. The second-order valence-electron chi connectivity index (χ2n) is 7.14. The standard InChI is InChI=1S/C21H23.Hf/c1-5-15-13-17-7-6-8-19(20(17)14-15)16-9-11-18(12-10-16)21(2,3)4;/h6-14H,5H2,1-4H3;. The molecule has 1 aliphatic rings. The van der Waals surface area contributed by atoms with Gasteiger partial charge in [-0.15, -0.1) is 0 Å². The molecule has 1 aliphatic carbocycles. The second kappa shape index (κ2) is 5.92. The molecule has 0 nitrogen and oxygen atoms in total. The van der Waals surface area contributed by atoms with Gasteiger partial charge in [-0.2, -0.15) is 0 Å². The molecule has 2 aromatic carbocycles. The fraction of sp³-hybridized carbons (Fsp3) is 0.333. The third-order valence-corrected chi connectivity index (χ3v) is 7.07. The van der Waals surface area contributed by atoms with E-state index in [0.29, 0.717) is 3.67 Å². The predicted molar refractivity (Wildman–Crippen MR) is 91.6 cm³/mol. The van der Waals surface area contributed by atoms with Crippen molar-refractivity contribution in [1.29, 1.82) is 0 Å². The van der Waals surface area contributed by atoms with Crippen molar-refractivity contribution in [2.24, 2.45) is 0 Å². The van der Waals surface area contributed by atoms with Crippen LogP contribution < -0.4 is 0 Å². The molecule has 0 N–H and O–H groups in total. The Morgan fingerprint density at radius 2 is 1.68 bits per heavy atom. The number of hydrogen-bond acceptors (Lipinski definition) is 0. The average Bonchev–Trinajstić information content (AvgIpc) is 2.83. The van der Waals surface area contributed by atoms with Gasteiger partial charge in [0.1, 0.15) is 0 Å². The van der Waals surface area contributed by atoms with Gasteiger partial charge in [0.15, 0.2) is 0 Å². The van der Waals surface area contributed by atoms with Gasteiger partial charge in [0.05, 0.1) is 0 Å². The van der Waals surface area contributed by atoms with E-state index < -0.39 is 0 Å². The van der Waals surface area contributed by atoms with Crippen molar-refractivity contribution in [3.63, 3.8) is 0 Å².